The van der Waals surface area contributed by atoms with Crippen molar-refractivity contribution in [2.24, 2.45) is 0 Å². The summed E-state index contributed by atoms with van der Waals surface area (Å²) in [6.07, 6.45) is 0. The summed E-state index contributed by atoms with van der Waals surface area (Å²) < 4.78 is 2.47. The number of hydrogen-bond acceptors (Lipinski definition) is 7. The minimum absolute atomic E-state index is 0.102. The topological polar surface area (TPSA) is 95.2 Å². The Bertz CT molecular complexity index is 4710. The summed E-state index contributed by atoms with van der Waals surface area (Å²) in [5.41, 5.74) is 17.9. The molecule has 4 aromatic heterocycles. The van der Waals surface area contributed by atoms with Crippen LogP contribution in [0.1, 0.15) is 58.2 Å². The van der Waals surface area contributed by atoms with Gasteiger partial charge in [-0.15, -0.1) is 0 Å². The van der Waals surface area contributed by atoms with E-state index in [2.05, 4.69) is 193 Å². The van der Waals surface area contributed by atoms with E-state index in [-0.39, 0.29) is 10.8 Å². The molecule has 4 heterocycles. The molecule has 8 heteroatoms. The SMILES string of the molecule is Cc1ccc2nc3ccccc3cc2c1-c1ccc(-n2c3ccc(C(C)(C)C)cc3c3cc(C(C)(C)C)cc(-c4ccc(-c5nc(-c6ccccc6)nc(-c6ccccc6)n5)cc4-c4nc(-c5ccccc5)nc(-c5ccccc5)n4)c32)cc1. The summed E-state index contributed by atoms with van der Waals surface area (Å²) in [5, 5.41) is 4.59. The van der Waals surface area contributed by atoms with Crippen LogP contribution in [-0.4, -0.2) is 39.5 Å². The van der Waals surface area contributed by atoms with Gasteiger partial charge in [0, 0.05) is 66.2 Å². The van der Waals surface area contributed by atoms with Crippen molar-refractivity contribution in [3.8, 4) is 96.3 Å². The van der Waals surface area contributed by atoms with Gasteiger partial charge in [0.15, 0.2) is 34.9 Å². The predicted octanol–water partition coefficient (Wildman–Crippen LogP) is 19.1. The molecular weight excluding hydrogens is 1020 g/mol. The zero-order chi connectivity index (χ0) is 57.3. The molecule has 0 unspecified atom stereocenters. The maximum absolute atomic E-state index is 5.46. The lowest BCUT2D eigenvalue weighted by Gasteiger charge is -2.23. The van der Waals surface area contributed by atoms with Gasteiger partial charge in [0.05, 0.1) is 22.1 Å². The van der Waals surface area contributed by atoms with Crippen LogP contribution in [0.4, 0.5) is 0 Å². The van der Waals surface area contributed by atoms with E-state index < -0.39 is 0 Å². The van der Waals surface area contributed by atoms with Crippen LogP contribution in [0.15, 0.2) is 237 Å². The van der Waals surface area contributed by atoms with Gasteiger partial charge < -0.3 is 4.57 Å². The van der Waals surface area contributed by atoms with Crippen molar-refractivity contribution in [2.75, 3.05) is 0 Å². The molecule has 404 valence electrons. The summed E-state index contributed by atoms with van der Waals surface area (Å²) in [7, 11) is 0. The molecule has 0 spiro atoms. The van der Waals surface area contributed by atoms with Crippen LogP contribution in [0.3, 0.4) is 0 Å². The van der Waals surface area contributed by atoms with Crippen molar-refractivity contribution < 1.29 is 0 Å². The minimum Gasteiger partial charge on any atom is -0.309 e. The van der Waals surface area contributed by atoms with E-state index in [9.17, 15) is 0 Å². The lowest BCUT2D eigenvalue weighted by molar-refractivity contribution is 0.590. The minimum atomic E-state index is -0.238. The lowest BCUT2D eigenvalue weighted by Crippen LogP contribution is -2.11. The van der Waals surface area contributed by atoms with E-state index in [1.807, 2.05) is 97.1 Å². The number of benzene rings is 10. The van der Waals surface area contributed by atoms with Crippen molar-refractivity contribution in [1.82, 2.24) is 39.5 Å². The molecule has 0 N–H and O–H groups in total. The Hall–Kier alpha value is -10.3. The highest BCUT2D eigenvalue weighted by atomic mass is 15.0. The summed E-state index contributed by atoms with van der Waals surface area (Å²) in [6, 6.07) is 83.1. The van der Waals surface area contributed by atoms with E-state index in [1.165, 1.54) is 27.6 Å². The molecule has 84 heavy (non-hydrogen) atoms. The van der Waals surface area contributed by atoms with Crippen LogP contribution < -0.4 is 0 Å². The fraction of sp³-hybridized carbons (Fsp3) is 0.118. The number of aromatic nitrogens is 8. The second kappa shape index (κ2) is 20.6. The van der Waals surface area contributed by atoms with Crippen molar-refractivity contribution >= 4 is 43.6 Å². The van der Waals surface area contributed by atoms with Gasteiger partial charge in [-0.2, -0.15) is 0 Å². The van der Waals surface area contributed by atoms with Crippen LogP contribution in [0, 0.1) is 6.92 Å². The highest BCUT2D eigenvalue weighted by Crippen LogP contribution is 2.46. The molecule has 0 amide bonds. The summed E-state index contributed by atoms with van der Waals surface area (Å²) >= 11 is 0. The Morgan fingerprint density at radius 1 is 0.310 bits per heavy atom. The van der Waals surface area contributed by atoms with Crippen LogP contribution >= 0.6 is 0 Å². The number of rotatable bonds is 9. The maximum atomic E-state index is 5.46. The summed E-state index contributed by atoms with van der Waals surface area (Å²) in [4.78, 5) is 36.8. The molecule has 8 nitrogen and oxygen atoms in total. The Balaban J connectivity index is 1.07. The van der Waals surface area contributed by atoms with E-state index in [4.69, 9.17) is 34.9 Å². The van der Waals surface area contributed by atoms with Gasteiger partial charge in [-0.25, -0.2) is 34.9 Å². The average Bonchev–Trinajstić information content (AvgIpc) is 1.72. The molecule has 0 radical (unpaired) electrons. The van der Waals surface area contributed by atoms with Crippen LogP contribution in [-0.2, 0) is 10.8 Å². The van der Waals surface area contributed by atoms with E-state index in [1.54, 1.807) is 0 Å². The molecule has 0 saturated carbocycles. The lowest BCUT2D eigenvalue weighted by atomic mass is 9.82. The molecule has 0 aliphatic rings. The first-order valence-corrected chi connectivity index (χ1v) is 28.7. The largest absolute Gasteiger partial charge is 0.309 e. The zero-order valence-electron chi connectivity index (χ0n) is 48.1. The summed E-state index contributed by atoms with van der Waals surface area (Å²) in [5.74, 6) is 3.33. The molecule has 0 aliphatic heterocycles. The normalized spacial score (nSPS) is 12.0. The Morgan fingerprint density at radius 2 is 0.798 bits per heavy atom. The number of hydrogen-bond donors (Lipinski definition) is 0. The molecule has 0 bridgehead atoms. The standard InChI is InChI=1S/C76H60N8/c1-47-32-40-65-63(42-53-30-20-21-31-64(53)77-65)67(47)48-33-37-57(38-34-48)84-66-41-36-55(75(2,3)4)44-59(66)61-46-56(76(5,6)7)45-60(68(61)84)58-39-35-54(73-80-69(49-22-12-8-13-23-49)78-70(81-73)50-24-14-9-15-25-50)43-62(58)74-82-71(51-26-16-10-17-27-51)79-72(83-74)52-28-18-11-19-29-52/h8-46H,1-7H3. The second-order valence-corrected chi connectivity index (χ2v) is 23.9. The molecule has 0 aliphatic carbocycles. The molecule has 0 atom stereocenters. The van der Waals surface area contributed by atoms with Gasteiger partial charge in [-0.1, -0.05) is 217 Å². The second-order valence-electron chi connectivity index (χ2n) is 23.9. The third-order valence-electron chi connectivity index (χ3n) is 16.1. The molecule has 14 rings (SSSR count). The first-order valence-electron chi connectivity index (χ1n) is 28.7. The predicted molar refractivity (Wildman–Crippen MR) is 346 cm³/mol. The Labute approximate surface area is 489 Å². The molecule has 14 aromatic rings. The first-order chi connectivity index (χ1) is 40.8. The number of fused-ring (bicyclic) bond motifs is 5. The van der Waals surface area contributed by atoms with Crippen molar-refractivity contribution in [1.29, 1.82) is 0 Å². The maximum Gasteiger partial charge on any atom is 0.164 e. The Morgan fingerprint density at radius 3 is 1.35 bits per heavy atom. The number of para-hydroxylation sites is 1. The van der Waals surface area contributed by atoms with Gasteiger partial charge >= 0.3 is 0 Å². The molecular formula is C76H60N8. The first kappa shape index (κ1) is 51.8. The highest BCUT2D eigenvalue weighted by Gasteiger charge is 2.27. The van der Waals surface area contributed by atoms with E-state index in [0.717, 1.165) is 94.0 Å². The smallest absolute Gasteiger partial charge is 0.164 e. The third-order valence-corrected chi connectivity index (χ3v) is 16.1. The quantitative estimate of drug-likeness (QED) is 0.133. The molecule has 0 fully saturated rings. The number of pyridine rings is 1. The van der Waals surface area contributed by atoms with E-state index >= 15 is 0 Å². The number of nitrogens with zero attached hydrogens (tertiary/aromatic N) is 8. The van der Waals surface area contributed by atoms with Gasteiger partial charge in [0.1, 0.15) is 0 Å². The van der Waals surface area contributed by atoms with Gasteiger partial charge in [0.25, 0.3) is 0 Å². The van der Waals surface area contributed by atoms with Crippen LogP contribution in [0.2, 0.25) is 0 Å². The summed E-state index contributed by atoms with van der Waals surface area (Å²) in [6.45, 7) is 16.0. The van der Waals surface area contributed by atoms with Crippen LogP contribution in [0.25, 0.3) is 140 Å². The van der Waals surface area contributed by atoms with Gasteiger partial charge in [0.2, 0.25) is 0 Å². The fourth-order valence-electron chi connectivity index (χ4n) is 11.6. The van der Waals surface area contributed by atoms with Crippen molar-refractivity contribution in [3.63, 3.8) is 0 Å². The number of aryl methyl sites for hydroxylation is 1. The Kier molecular flexibility index (Phi) is 12.7. The average molecular weight is 1090 g/mol. The fourth-order valence-corrected chi connectivity index (χ4v) is 11.6. The van der Waals surface area contributed by atoms with Gasteiger partial charge in [-0.3, -0.25) is 0 Å². The monoisotopic (exact) mass is 1080 g/mol. The zero-order valence-corrected chi connectivity index (χ0v) is 48.1. The van der Waals surface area contributed by atoms with E-state index in [0.29, 0.717) is 34.9 Å². The van der Waals surface area contributed by atoms with Gasteiger partial charge in [-0.05, 0) is 112 Å². The van der Waals surface area contributed by atoms with Crippen molar-refractivity contribution in [2.45, 2.75) is 59.3 Å². The third kappa shape index (κ3) is 9.55. The van der Waals surface area contributed by atoms with Crippen molar-refractivity contribution in [3.05, 3.63) is 253 Å². The molecule has 0 saturated heterocycles. The molecule has 10 aromatic carbocycles. The highest BCUT2D eigenvalue weighted by molar-refractivity contribution is 6.15. The van der Waals surface area contributed by atoms with Crippen LogP contribution in [0.5, 0.6) is 0 Å².